The lowest BCUT2D eigenvalue weighted by Crippen LogP contribution is -2.44. The lowest BCUT2D eigenvalue weighted by molar-refractivity contribution is -0.143. The molecule has 234 valence electrons. The van der Waals surface area contributed by atoms with Crippen LogP contribution in [0.2, 0.25) is 0 Å². The maximum absolute atomic E-state index is 13.8. The SMILES string of the molecule is Cc1ccc(CN(CCc2c[nH]c3ccccc23)C(=O)CN(CC(C)C)C(=O)c2cc(C(F)(F)F)cc(C(F)(F)F)c2)cc1. The topological polar surface area (TPSA) is 56.4 Å². The third-order valence-electron chi connectivity index (χ3n) is 7.21. The molecular formula is C33H33F6N3O2. The summed E-state index contributed by atoms with van der Waals surface area (Å²) in [6.07, 6.45) is -7.88. The van der Waals surface area contributed by atoms with Crippen LogP contribution in [0.4, 0.5) is 26.3 Å². The van der Waals surface area contributed by atoms with Crippen molar-refractivity contribution in [1.82, 2.24) is 14.8 Å². The first-order valence-corrected chi connectivity index (χ1v) is 14.1. The van der Waals surface area contributed by atoms with Gasteiger partial charge in [-0.2, -0.15) is 26.3 Å². The van der Waals surface area contributed by atoms with Gasteiger partial charge in [0.1, 0.15) is 6.54 Å². The number of amides is 2. The van der Waals surface area contributed by atoms with Crippen molar-refractivity contribution in [2.45, 2.75) is 46.1 Å². The van der Waals surface area contributed by atoms with Gasteiger partial charge in [-0.15, -0.1) is 0 Å². The van der Waals surface area contributed by atoms with Gasteiger partial charge in [-0.05, 0) is 54.7 Å². The van der Waals surface area contributed by atoms with Crippen LogP contribution in [0.15, 0.2) is 72.9 Å². The molecule has 1 aromatic heterocycles. The number of H-pyrrole nitrogens is 1. The molecule has 0 atom stereocenters. The van der Waals surface area contributed by atoms with Crippen molar-refractivity contribution in [3.63, 3.8) is 0 Å². The van der Waals surface area contributed by atoms with Gasteiger partial charge in [-0.3, -0.25) is 9.59 Å². The highest BCUT2D eigenvalue weighted by atomic mass is 19.4. The smallest absolute Gasteiger partial charge is 0.361 e. The van der Waals surface area contributed by atoms with Crippen LogP contribution in [-0.2, 0) is 30.1 Å². The van der Waals surface area contributed by atoms with Crippen LogP contribution in [0.3, 0.4) is 0 Å². The van der Waals surface area contributed by atoms with Crippen molar-refractivity contribution in [3.05, 3.63) is 106 Å². The second-order valence-corrected chi connectivity index (χ2v) is 11.3. The maximum Gasteiger partial charge on any atom is 0.416 e. The number of nitrogens with zero attached hydrogens (tertiary/aromatic N) is 2. The highest BCUT2D eigenvalue weighted by molar-refractivity contribution is 5.97. The molecule has 5 nitrogen and oxygen atoms in total. The van der Waals surface area contributed by atoms with Crippen molar-refractivity contribution in [3.8, 4) is 0 Å². The number of hydrogen-bond donors (Lipinski definition) is 1. The zero-order chi connectivity index (χ0) is 32.2. The first-order chi connectivity index (χ1) is 20.6. The van der Waals surface area contributed by atoms with Crippen molar-refractivity contribution in [1.29, 1.82) is 0 Å². The number of hydrogen-bond acceptors (Lipinski definition) is 2. The number of nitrogens with one attached hydrogen (secondary N) is 1. The Balaban J connectivity index is 1.63. The average Bonchev–Trinajstić information content (AvgIpc) is 3.37. The van der Waals surface area contributed by atoms with Gasteiger partial charge in [0.25, 0.3) is 5.91 Å². The minimum absolute atomic E-state index is 0.0251. The Morgan fingerprint density at radius 3 is 2.05 bits per heavy atom. The van der Waals surface area contributed by atoms with E-state index in [1.807, 2.05) is 61.7 Å². The minimum atomic E-state index is -5.11. The number of aryl methyl sites for hydroxylation is 1. The molecule has 0 bridgehead atoms. The summed E-state index contributed by atoms with van der Waals surface area (Å²) in [5, 5.41) is 0.997. The summed E-state index contributed by atoms with van der Waals surface area (Å²) >= 11 is 0. The van der Waals surface area contributed by atoms with E-state index < -0.39 is 47.4 Å². The summed E-state index contributed by atoms with van der Waals surface area (Å²) in [6.45, 7) is 5.29. The molecule has 2 amide bonds. The number of carbonyl (C=O) groups excluding carboxylic acids is 2. The Bertz CT molecular complexity index is 1570. The lowest BCUT2D eigenvalue weighted by Gasteiger charge is -2.29. The standard InChI is InChI=1S/C33H33F6N3O2/c1-21(2)18-42(31(44)25-14-26(32(34,35)36)16-27(15-25)33(37,38)39)20-30(43)41(19-23-10-8-22(3)9-11-23)13-12-24-17-40-29-7-5-4-6-28(24)29/h4-11,14-17,21,40H,12-13,18-20H2,1-3H3. The van der Waals surface area contributed by atoms with Crippen LogP contribution in [0.5, 0.6) is 0 Å². The Morgan fingerprint density at radius 2 is 1.45 bits per heavy atom. The molecular weight excluding hydrogens is 584 g/mol. The highest BCUT2D eigenvalue weighted by Crippen LogP contribution is 2.36. The molecule has 44 heavy (non-hydrogen) atoms. The summed E-state index contributed by atoms with van der Waals surface area (Å²) in [5.41, 5.74) is -0.203. The van der Waals surface area contributed by atoms with Crippen LogP contribution in [0.1, 0.15) is 52.0 Å². The van der Waals surface area contributed by atoms with Crippen LogP contribution in [-0.4, -0.2) is 46.2 Å². The maximum atomic E-state index is 13.8. The summed E-state index contributed by atoms with van der Waals surface area (Å²) in [7, 11) is 0. The van der Waals surface area contributed by atoms with Gasteiger partial charge in [-0.1, -0.05) is 61.9 Å². The Kier molecular flexibility index (Phi) is 9.75. The number of fused-ring (bicyclic) bond motifs is 1. The van der Waals surface area contributed by atoms with E-state index >= 15 is 0 Å². The largest absolute Gasteiger partial charge is 0.416 e. The van der Waals surface area contributed by atoms with E-state index in [4.69, 9.17) is 0 Å². The van der Waals surface area contributed by atoms with Crippen LogP contribution in [0.25, 0.3) is 10.9 Å². The van der Waals surface area contributed by atoms with Crippen molar-refractivity contribution >= 4 is 22.7 Å². The minimum Gasteiger partial charge on any atom is -0.361 e. The Hall–Kier alpha value is -4.28. The molecule has 1 N–H and O–H groups in total. The van der Waals surface area contributed by atoms with Crippen LogP contribution < -0.4 is 0 Å². The molecule has 0 aliphatic rings. The fourth-order valence-corrected chi connectivity index (χ4v) is 4.98. The monoisotopic (exact) mass is 617 g/mol. The fraction of sp³-hybridized carbons (Fsp3) is 0.333. The molecule has 0 aliphatic carbocycles. The zero-order valence-corrected chi connectivity index (χ0v) is 24.5. The molecule has 4 aromatic rings. The average molecular weight is 618 g/mol. The van der Waals surface area contributed by atoms with E-state index in [1.165, 1.54) is 0 Å². The van der Waals surface area contributed by atoms with Gasteiger partial charge in [0.05, 0.1) is 11.1 Å². The summed E-state index contributed by atoms with van der Waals surface area (Å²) < 4.78 is 81.0. The molecule has 0 fully saturated rings. The van der Waals surface area contributed by atoms with Gasteiger partial charge in [-0.25, -0.2) is 0 Å². The molecule has 0 radical (unpaired) electrons. The van der Waals surface area contributed by atoms with Crippen LogP contribution >= 0.6 is 0 Å². The first-order valence-electron chi connectivity index (χ1n) is 14.1. The second-order valence-electron chi connectivity index (χ2n) is 11.3. The fourth-order valence-electron chi connectivity index (χ4n) is 4.98. The molecule has 0 saturated carbocycles. The van der Waals surface area contributed by atoms with E-state index in [0.29, 0.717) is 18.6 Å². The number of rotatable bonds is 10. The molecule has 11 heteroatoms. The molecule has 0 unspecified atom stereocenters. The molecule has 0 aliphatic heterocycles. The normalized spacial score (nSPS) is 12.1. The van der Waals surface area contributed by atoms with E-state index in [0.717, 1.165) is 32.5 Å². The summed E-state index contributed by atoms with van der Waals surface area (Å²) in [6, 6.07) is 16.0. The zero-order valence-electron chi connectivity index (χ0n) is 24.5. The van der Waals surface area contributed by atoms with Crippen molar-refractivity contribution in [2.75, 3.05) is 19.6 Å². The first kappa shape index (κ1) is 32.6. The number of para-hydroxylation sites is 1. The van der Waals surface area contributed by atoms with Crippen LogP contribution in [0, 0.1) is 12.8 Å². The number of aromatic amines is 1. The quantitative estimate of drug-likeness (QED) is 0.184. The number of carbonyl (C=O) groups is 2. The van der Waals surface area contributed by atoms with E-state index in [-0.39, 0.29) is 31.6 Å². The lowest BCUT2D eigenvalue weighted by atomic mass is 10.0. The van der Waals surface area contributed by atoms with Gasteiger partial charge in [0.15, 0.2) is 0 Å². The predicted octanol–water partition coefficient (Wildman–Crippen LogP) is 7.88. The molecule has 1 heterocycles. The summed E-state index contributed by atoms with van der Waals surface area (Å²) in [5.74, 6) is -1.80. The van der Waals surface area contributed by atoms with E-state index in [1.54, 1.807) is 18.7 Å². The Labute approximate surface area is 251 Å². The van der Waals surface area contributed by atoms with Gasteiger partial charge in [0, 0.05) is 42.3 Å². The van der Waals surface area contributed by atoms with Gasteiger partial charge in [0.2, 0.25) is 5.91 Å². The van der Waals surface area contributed by atoms with Gasteiger partial charge < -0.3 is 14.8 Å². The Morgan fingerprint density at radius 1 is 0.841 bits per heavy atom. The number of halogens is 6. The van der Waals surface area contributed by atoms with E-state index in [9.17, 15) is 35.9 Å². The predicted molar refractivity (Wildman–Crippen MR) is 156 cm³/mol. The molecule has 4 rings (SSSR count). The van der Waals surface area contributed by atoms with Crippen molar-refractivity contribution < 1.29 is 35.9 Å². The summed E-state index contributed by atoms with van der Waals surface area (Å²) in [4.78, 5) is 33.1. The molecule has 0 saturated heterocycles. The van der Waals surface area contributed by atoms with Gasteiger partial charge >= 0.3 is 12.4 Å². The molecule has 3 aromatic carbocycles. The number of aromatic nitrogens is 1. The molecule has 0 spiro atoms. The van der Waals surface area contributed by atoms with E-state index in [2.05, 4.69) is 4.98 Å². The number of benzene rings is 3. The third-order valence-corrected chi connectivity index (χ3v) is 7.21. The van der Waals surface area contributed by atoms with Crippen molar-refractivity contribution in [2.24, 2.45) is 5.92 Å². The second kappa shape index (κ2) is 13.2. The highest BCUT2D eigenvalue weighted by Gasteiger charge is 2.38. The third kappa shape index (κ3) is 8.21. The number of alkyl halides is 6.